The summed E-state index contributed by atoms with van der Waals surface area (Å²) in [5, 5.41) is 15.9. The Morgan fingerprint density at radius 3 is 2.13 bits per heavy atom. The highest BCUT2D eigenvalue weighted by atomic mass is 16.5. The lowest BCUT2D eigenvalue weighted by molar-refractivity contribution is -0.133. The monoisotopic (exact) mass is 744 g/mol. The van der Waals surface area contributed by atoms with Crippen LogP contribution in [0.5, 0.6) is 17.2 Å². The van der Waals surface area contributed by atoms with Crippen molar-refractivity contribution in [3.05, 3.63) is 118 Å². The van der Waals surface area contributed by atoms with Crippen LogP contribution in [0, 0.1) is 30.6 Å². The van der Waals surface area contributed by atoms with E-state index >= 15 is 0 Å². The summed E-state index contributed by atoms with van der Waals surface area (Å²) >= 11 is 0. The molecule has 1 spiro atoms. The van der Waals surface area contributed by atoms with Crippen molar-refractivity contribution in [3.63, 3.8) is 0 Å². The van der Waals surface area contributed by atoms with Gasteiger partial charge in [0.25, 0.3) is 0 Å². The first-order valence-corrected chi connectivity index (χ1v) is 19.3. The smallest absolute Gasteiger partial charge is 0.228 e. The second-order valence-electron chi connectivity index (χ2n) is 16.1. The molecular weight excluding hydrogens is 693 g/mol. The zero-order valence-electron chi connectivity index (χ0n) is 32.6. The fraction of sp³-hybridized carbons (Fsp3) is 0.391. The lowest BCUT2D eigenvalue weighted by Crippen LogP contribution is -2.46. The molecule has 55 heavy (non-hydrogen) atoms. The number of anilines is 1. The molecule has 0 bridgehead atoms. The molecule has 0 saturated heterocycles. The van der Waals surface area contributed by atoms with Gasteiger partial charge in [0, 0.05) is 47.6 Å². The van der Waals surface area contributed by atoms with Gasteiger partial charge in [0.05, 0.1) is 12.6 Å². The van der Waals surface area contributed by atoms with Crippen LogP contribution in [0.4, 0.5) is 5.69 Å². The summed E-state index contributed by atoms with van der Waals surface area (Å²) in [5.41, 5.74) is 5.32. The largest absolute Gasteiger partial charge is 0.508 e. The van der Waals surface area contributed by atoms with Crippen LogP contribution in [0.15, 0.2) is 84.9 Å². The molecule has 2 aliphatic heterocycles. The van der Waals surface area contributed by atoms with Crippen LogP contribution >= 0.6 is 0 Å². The SMILES string of the molecule is CC(=O)C[C@@H](CC(C)C)C(=O)N[C@@H](CC(C)C)C(=O)C[C@@H](Cc1ccc(O)cc1)C(=O)Nc1ccc2c(c1)Oc1cc(C)ccc1C21OCc2ccccc21. The van der Waals surface area contributed by atoms with Crippen LogP contribution < -0.4 is 15.4 Å². The average Bonchev–Trinajstić information content (AvgIpc) is 3.50. The summed E-state index contributed by atoms with van der Waals surface area (Å²) in [6.07, 6.45) is 1.11. The van der Waals surface area contributed by atoms with E-state index in [2.05, 4.69) is 34.9 Å². The second kappa shape index (κ2) is 16.6. The number of Topliss-reactive ketones (excluding diaryl/α,β-unsaturated/α-hetero) is 2. The third-order valence-electron chi connectivity index (χ3n) is 10.5. The molecule has 6 rings (SSSR count). The summed E-state index contributed by atoms with van der Waals surface area (Å²) in [5.74, 6) is -0.766. The van der Waals surface area contributed by atoms with Crippen LogP contribution in [-0.4, -0.2) is 34.5 Å². The zero-order chi connectivity index (χ0) is 39.4. The van der Waals surface area contributed by atoms with Crippen LogP contribution in [0.2, 0.25) is 0 Å². The van der Waals surface area contributed by atoms with Gasteiger partial charge in [0.1, 0.15) is 23.0 Å². The quantitative estimate of drug-likeness (QED) is 0.111. The van der Waals surface area contributed by atoms with Crippen LogP contribution in [-0.2, 0) is 42.5 Å². The fourth-order valence-electron chi connectivity index (χ4n) is 7.98. The van der Waals surface area contributed by atoms with Gasteiger partial charge in [-0.3, -0.25) is 14.4 Å². The third-order valence-corrected chi connectivity index (χ3v) is 10.5. The number of carbonyl (C=O) groups is 4. The van der Waals surface area contributed by atoms with Crippen molar-refractivity contribution in [3.8, 4) is 17.2 Å². The number of ether oxygens (including phenoxy) is 2. The number of carbonyl (C=O) groups excluding carboxylic acids is 4. The molecule has 9 heteroatoms. The zero-order valence-corrected chi connectivity index (χ0v) is 32.6. The number of rotatable bonds is 15. The number of phenolic OH excluding ortho intramolecular Hbond substituents is 1. The highest BCUT2D eigenvalue weighted by Crippen LogP contribution is 2.56. The van der Waals surface area contributed by atoms with E-state index in [1.165, 1.54) is 6.92 Å². The van der Waals surface area contributed by atoms with Crippen molar-refractivity contribution in [1.82, 2.24) is 5.32 Å². The normalized spacial score (nSPS) is 17.1. The van der Waals surface area contributed by atoms with E-state index in [0.717, 1.165) is 33.4 Å². The van der Waals surface area contributed by atoms with Crippen molar-refractivity contribution in [1.29, 1.82) is 0 Å². The minimum Gasteiger partial charge on any atom is -0.508 e. The molecule has 4 atom stereocenters. The minimum atomic E-state index is -0.877. The maximum atomic E-state index is 14.3. The van der Waals surface area contributed by atoms with Crippen molar-refractivity contribution in [2.45, 2.75) is 91.9 Å². The summed E-state index contributed by atoms with van der Waals surface area (Å²) in [4.78, 5) is 54.0. The lowest BCUT2D eigenvalue weighted by atomic mass is 9.77. The van der Waals surface area contributed by atoms with Crippen LogP contribution in [0.25, 0.3) is 0 Å². The average molecular weight is 745 g/mol. The Kier molecular flexibility index (Phi) is 11.9. The second-order valence-corrected chi connectivity index (χ2v) is 16.1. The lowest BCUT2D eigenvalue weighted by Gasteiger charge is -2.37. The Hall–Kier alpha value is -5.28. The molecule has 4 aromatic carbocycles. The first-order chi connectivity index (χ1) is 26.2. The number of hydrogen-bond donors (Lipinski definition) is 3. The molecule has 0 radical (unpaired) electrons. The summed E-state index contributed by atoms with van der Waals surface area (Å²) in [6.45, 7) is 11.9. The van der Waals surface area contributed by atoms with Crippen molar-refractivity contribution >= 4 is 29.1 Å². The number of ketones is 2. The van der Waals surface area contributed by atoms with Crippen LogP contribution in [0.1, 0.15) is 93.7 Å². The first-order valence-electron chi connectivity index (χ1n) is 19.3. The molecular formula is C46H52N2O7. The van der Waals surface area contributed by atoms with E-state index in [1.54, 1.807) is 30.3 Å². The molecule has 0 saturated carbocycles. The number of aryl methyl sites for hydroxylation is 1. The first kappa shape index (κ1) is 39.4. The van der Waals surface area contributed by atoms with E-state index in [9.17, 15) is 24.3 Å². The van der Waals surface area contributed by atoms with Crippen LogP contribution in [0.3, 0.4) is 0 Å². The number of hydrogen-bond acceptors (Lipinski definition) is 7. The van der Waals surface area contributed by atoms with Gasteiger partial charge in [-0.2, -0.15) is 0 Å². The van der Waals surface area contributed by atoms with Gasteiger partial charge >= 0.3 is 0 Å². The van der Waals surface area contributed by atoms with Crippen molar-refractivity contribution in [2.75, 3.05) is 5.32 Å². The van der Waals surface area contributed by atoms with E-state index in [0.29, 0.717) is 36.6 Å². The molecule has 0 aliphatic carbocycles. The van der Waals surface area contributed by atoms with Gasteiger partial charge in [-0.25, -0.2) is 0 Å². The molecule has 3 N–H and O–H groups in total. The van der Waals surface area contributed by atoms with Gasteiger partial charge in [-0.1, -0.05) is 76.2 Å². The van der Waals surface area contributed by atoms with Gasteiger partial charge in [-0.05, 0) is 97.5 Å². The Labute approximate surface area is 323 Å². The predicted molar refractivity (Wildman–Crippen MR) is 212 cm³/mol. The van der Waals surface area contributed by atoms with E-state index < -0.39 is 23.5 Å². The Balaban J connectivity index is 1.28. The number of benzene rings is 4. The van der Waals surface area contributed by atoms with E-state index in [1.807, 2.05) is 65.0 Å². The third kappa shape index (κ3) is 8.83. The highest BCUT2D eigenvalue weighted by molar-refractivity contribution is 5.98. The van der Waals surface area contributed by atoms with E-state index in [4.69, 9.17) is 9.47 Å². The van der Waals surface area contributed by atoms with Crippen molar-refractivity contribution < 1.29 is 33.8 Å². The maximum absolute atomic E-state index is 14.3. The number of amides is 2. The number of aromatic hydroxyl groups is 1. The summed E-state index contributed by atoms with van der Waals surface area (Å²) in [7, 11) is 0. The fourth-order valence-corrected chi connectivity index (χ4v) is 7.98. The van der Waals surface area contributed by atoms with E-state index in [-0.39, 0.29) is 60.2 Å². The van der Waals surface area contributed by atoms with Crippen molar-refractivity contribution in [2.24, 2.45) is 23.7 Å². The Bertz CT molecular complexity index is 2070. The predicted octanol–water partition coefficient (Wildman–Crippen LogP) is 8.56. The van der Waals surface area contributed by atoms with Gasteiger partial charge in [0.2, 0.25) is 11.8 Å². The molecule has 4 aromatic rings. The Morgan fingerprint density at radius 2 is 1.44 bits per heavy atom. The maximum Gasteiger partial charge on any atom is 0.228 e. The van der Waals surface area contributed by atoms with Gasteiger partial charge in [-0.15, -0.1) is 0 Å². The topological polar surface area (TPSA) is 131 Å². The minimum absolute atomic E-state index is 0.0819. The molecule has 0 aromatic heterocycles. The van der Waals surface area contributed by atoms with Gasteiger partial charge < -0.3 is 30.0 Å². The number of fused-ring (bicyclic) bond motifs is 6. The molecule has 2 aliphatic rings. The van der Waals surface area contributed by atoms with Gasteiger partial charge in [0.15, 0.2) is 11.4 Å². The molecule has 9 nitrogen and oxygen atoms in total. The number of nitrogens with one attached hydrogen (secondary N) is 2. The molecule has 2 amide bonds. The molecule has 2 heterocycles. The number of phenols is 1. The molecule has 288 valence electrons. The molecule has 1 unspecified atom stereocenters. The summed E-state index contributed by atoms with van der Waals surface area (Å²) < 4.78 is 13.2. The Morgan fingerprint density at radius 1 is 0.764 bits per heavy atom. The highest BCUT2D eigenvalue weighted by Gasteiger charge is 2.49. The molecule has 0 fully saturated rings. The standard InChI is InChI=1S/C46H52N2O7/c1-27(2)19-33(22-30(6)49)45(53)48-40(20-28(3)4)41(51)24-34(23-31-12-15-36(50)16-13-31)44(52)47-35-14-18-39-43(25-35)55-42-21-29(5)11-17-38(42)46(39)37-10-8-7-9-32(37)26-54-46/h7-18,21,25,27-28,33-34,40,50H,19-20,22-24,26H2,1-6H3,(H,47,52)(H,48,53)/t33-,34-,40+,46?/m1/s1. The summed E-state index contributed by atoms with van der Waals surface area (Å²) in [6, 6.07) is 25.6.